The Kier molecular flexibility index (Phi) is 5.42. The van der Waals surface area contributed by atoms with Crippen molar-refractivity contribution in [2.24, 2.45) is 0 Å². The Labute approximate surface area is 97.5 Å². The van der Waals surface area contributed by atoms with E-state index in [2.05, 4.69) is 33.5 Å². The van der Waals surface area contributed by atoms with Crippen LogP contribution in [0.3, 0.4) is 0 Å². The summed E-state index contributed by atoms with van der Waals surface area (Å²) in [5.74, 6) is -0.117. The third-order valence-corrected chi connectivity index (χ3v) is 2.49. The van der Waals surface area contributed by atoms with Gasteiger partial charge in [0, 0.05) is 13.1 Å². The number of amides is 1. The van der Waals surface area contributed by atoms with Gasteiger partial charge in [-0.1, -0.05) is 6.92 Å². The molecule has 0 saturated heterocycles. The number of carbonyl (C=O) groups excluding carboxylic acids is 1. The average Bonchev–Trinajstić information content (AvgIpc) is 2.64. The van der Waals surface area contributed by atoms with Crippen molar-refractivity contribution in [1.82, 2.24) is 10.6 Å². The highest BCUT2D eigenvalue weighted by atomic mass is 79.9. The van der Waals surface area contributed by atoms with Gasteiger partial charge in [0.05, 0.1) is 11.8 Å². The number of nitrogens with one attached hydrogen (secondary N) is 2. The molecule has 5 heteroatoms. The fourth-order valence-electron chi connectivity index (χ4n) is 1.12. The molecule has 0 fully saturated rings. The SMILES string of the molecule is CCCNCCNC(=O)c1ccoc1Br. The summed E-state index contributed by atoms with van der Waals surface area (Å²) < 4.78 is 5.44. The molecule has 0 bridgehead atoms. The lowest BCUT2D eigenvalue weighted by molar-refractivity contribution is 0.0952. The second kappa shape index (κ2) is 6.63. The van der Waals surface area contributed by atoms with Gasteiger partial charge in [-0.25, -0.2) is 0 Å². The Morgan fingerprint density at radius 2 is 2.27 bits per heavy atom. The van der Waals surface area contributed by atoms with Gasteiger partial charge in [-0.15, -0.1) is 0 Å². The van der Waals surface area contributed by atoms with Crippen molar-refractivity contribution in [3.05, 3.63) is 22.6 Å². The Balaban J connectivity index is 2.22. The first-order valence-corrected chi connectivity index (χ1v) is 5.77. The minimum Gasteiger partial charge on any atom is -0.457 e. The first-order valence-electron chi connectivity index (χ1n) is 4.97. The van der Waals surface area contributed by atoms with Crippen LogP contribution in [0.15, 0.2) is 21.4 Å². The molecule has 4 nitrogen and oxygen atoms in total. The van der Waals surface area contributed by atoms with Crippen LogP contribution in [0, 0.1) is 0 Å². The second-order valence-electron chi connectivity index (χ2n) is 3.11. The van der Waals surface area contributed by atoms with Gasteiger partial charge >= 0.3 is 0 Å². The van der Waals surface area contributed by atoms with E-state index in [1.165, 1.54) is 6.26 Å². The molecule has 1 aromatic heterocycles. The predicted octanol–water partition coefficient (Wildman–Crippen LogP) is 1.77. The van der Waals surface area contributed by atoms with Crippen LogP contribution in [0.2, 0.25) is 0 Å². The third kappa shape index (κ3) is 4.05. The van der Waals surface area contributed by atoms with Crippen molar-refractivity contribution in [3.8, 4) is 0 Å². The second-order valence-corrected chi connectivity index (χ2v) is 3.83. The molecular weight excluding hydrogens is 260 g/mol. The number of halogens is 1. The zero-order valence-electron chi connectivity index (χ0n) is 8.68. The van der Waals surface area contributed by atoms with E-state index in [1.54, 1.807) is 6.07 Å². The Hall–Kier alpha value is -0.810. The molecule has 1 heterocycles. The zero-order chi connectivity index (χ0) is 11.1. The lowest BCUT2D eigenvalue weighted by Gasteiger charge is -2.04. The molecule has 0 aliphatic carbocycles. The van der Waals surface area contributed by atoms with Gasteiger partial charge in [0.1, 0.15) is 0 Å². The molecule has 0 aliphatic heterocycles. The van der Waals surface area contributed by atoms with Crippen molar-refractivity contribution in [2.75, 3.05) is 19.6 Å². The molecule has 1 aromatic rings. The van der Waals surface area contributed by atoms with E-state index in [-0.39, 0.29) is 5.91 Å². The smallest absolute Gasteiger partial charge is 0.255 e. The van der Waals surface area contributed by atoms with Crippen LogP contribution in [0.25, 0.3) is 0 Å². The van der Waals surface area contributed by atoms with E-state index in [9.17, 15) is 4.79 Å². The standard InChI is InChI=1S/C10H15BrN2O2/c1-2-4-12-5-6-13-10(14)8-3-7-15-9(8)11/h3,7,12H,2,4-6H2,1H3,(H,13,14). The lowest BCUT2D eigenvalue weighted by Crippen LogP contribution is -2.32. The monoisotopic (exact) mass is 274 g/mol. The third-order valence-electron chi connectivity index (χ3n) is 1.88. The topological polar surface area (TPSA) is 54.3 Å². The van der Waals surface area contributed by atoms with E-state index in [0.717, 1.165) is 19.5 Å². The van der Waals surface area contributed by atoms with Crippen LogP contribution in [0.5, 0.6) is 0 Å². The maximum atomic E-state index is 11.5. The van der Waals surface area contributed by atoms with Crippen LogP contribution < -0.4 is 10.6 Å². The molecule has 2 N–H and O–H groups in total. The van der Waals surface area contributed by atoms with Gasteiger partial charge in [0.2, 0.25) is 0 Å². The summed E-state index contributed by atoms with van der Waals surface area (Å²) in [4.78, 5) is 11.5. The van der Waals surface area contributed by atoms with Crippen molar-refractivity contribution in [2.45, 2.75) is 13.3 Å². The van der Waals surface area contributed by atoms with Crippen molar-refractivity contribution >= 4 is 21.8 Å². The van der Waals surface area contributed by atoms with Gasteiger partial charge in [-0.05, 0) is 35.0 Å². The highest BCUT2D eigenvalue weighted by Gasteiger charge is 2.11. The number of hydrogen-bond acceptors (Lipinski definition) is 3. The predicted molar refractivity (Wildman–Crippen MR) is 61.9 cm³/mol. The molecular formula is C10H15BrN2O2. The van der Waals surface area contributed by atoms with Crippen LogP contribution >= 0.6 is 15.9 Å². The van der Waals surface area contributed by atoms with E-state index in [1.807, 2.05) is 0 Å². The molecule has 0 spiro atoms. The largest absolute Gasteiger partial charge is 0.457 e. The maximum absolute atomic E-state index is 11.5. The maximum Gasteiger partial charge on any atom is 0.255 e. The molecule has 0 unspecified atom stereocenters. The molecule has 0 radical (unpaired) electrons. The zero-order valence-corrected chi connectivity index (χ0v) is 10.3. The van der Waals surface area contributed by atoms with Crippen molar-refractivity contribution < 1.29 is 9.21 Å². The summed E-state index contributed by atoms with van der Waals surface area (Å²) in [5, 5.41) is 5.99. The van der Waals surface area contributed by atoms with Crippen molar-refractivity contribution in [1.29, 1.82) is 0 Å². The van der Waals surface area contributed by atoms with Gasteiger partial charge in [0.25, 0.3) is 5.91 Å². The molecule has 0 atom stereocenters. The normalized spacial score (nSPS) is 10.3. The van der Waals surface area contributed by atoms with Crippen LogP contribution in [-0.2, 0) is 0 Å². The van der Waals surface area contributed by atoms with Crippen LogP contribution in [-0.4, -0.2) is 25.5 Å². The summed E-state index contributed by atoms with van der Waals surface area (Å²) in [6.07, 6.45) is 2.58. The minimum absolute atomic E-state index is 0.117. The highest BCUT2D eigenvalue weighted by molar-refractivity contribution is 9.10. The number of furan rings is 1. The fourth-order valence-corrected chi connectivity index (χ4v) is 1.54. The van der Waals surface area contributed by atoms with Gasteiger partial charge in [-0.2, -0.15) is 0 Å². The average molecular weight is 275 g/mol. The molecule has 0 saturated carbocycles. The van der Waals surface area contributed by atoms with E-state index in [0.29, 0.717) is 16.8 Å². The number of rotatable bonds is 6. The molecule has 84 valence electrons. The Bertz CT molecular complexity index is 312. The fraction of sp³-hybridized carbons (Fsp3) is 0.500. The van der Waals surface area contributed by atoms with Gasteiger partial charge in [-0.3, -0.25) is 4.79 Å². The van der Waals surface area contributed by atoms with Crippen LogP contribution in [0.4, 0.5) is 0 Å². The lowest BCUT2D eigenvalue weighted by atomic mass is 10.3. The Morgan fingerprint density at radius 3 is 2.87 bits per heavy atom. The summed E-state index contributed by atoms with van der Waals surface area (Å²) in [6, 6.07) is 1.64. The quantitative estimate of drug-likeness (QED) is 0.778. The summed E-state index contributed by atoms with van der Waals surface area (Å²) in [5.41, 5.74) is 0.533. The van der Waals surface area contributed by atoms with Crippen LogP contribution in [0.1, 0.15) is 23.7 Å². The number of hydrogen-bond donors (Lipinski definition) is 2. The van der Waals surface area contributed by atoms with Crippen molar-refractivity contribution in [3.63, 3.8) is 0 Å². The summed E-state index contributed by atoms with van der Waals surface area (Å²) in [6.45, 7) is 4.49. The molecule has 0 aromatic carbocycles. The van der Waals surface area contributed by atoms with E-state index in [4.69, 9.17) is 4.42 Å². The number of carbonyl (C=O) groups is 1. The molecule has 15 heavy (non-hydrogen) atoms. The minimum atomic E-state index is -0.117. The highest BCUT2D eigenvalue weighted by Crippen LogP contribution is 2.16. The Morgan fingerprint density at radius 1 is 1.47 bits per heavy atom. The van der Waals surface area contributed by atoms with E-state index < -0.39 is 0 Å². The summed E-state index contributed by atoms with van der Waals surface area (Å²) in [7, 11) is 0. The summed E-state index contributed by atoms with van der Waals surface area (Å²) >= 11 is 3.16. The van der Waals surface area contributed by atoms with Gasteiger partial charge in [0.15, 0.2) is 4.67 Å². The first-order chi connectivity index (χ1) is 7.25. The first kappa shape index (κ1) is 12.3. The molecule has 1 amide bonds. The molecule has 0 aliphatic rings. The van der Waals surface area contributed by atoms with E-state index >= 15 is 0 Å². The van der Waals surface area contributed by atoms with Gasteiger partial charge < -0.3 is 15.1 Å². The molecule has 1 rings (SSSR count).